The smallest absolute Gasteiger partial charge is 0.409 e. The zero-order valence-electron chi connectivity index (χ0n) is 13.3. The summed E-state index contributed by atoms with van der Waals surface area (Å²) in [5.41, 5.74) is 0.286. The van der Waals surface area contributed by atoms with Crippen LogP contribution in [0, 0.1) is 12.7 Å². The highest BCUT2D eigenvalue weighted by Crippen LogP contribution is 2.20. The van der Waals surface area contributed by atoms with Crippen molar-refractivity contribution in [1.29, 1.82) is 0 Å². The van der Waals surface area contributed by atoms with Gasteiger partial charge in [-0.1, -0.05) is 0 Å². The van der Waals surface area contributed by atoms with E-state index < -0.39 is 21.9 Å². The van der Waals surface area contributed by atoms with Crippen LogP contribution in [0.4, 0.5) is 9.18 Å². The number of nitrogens with zero attached hydrogens (tertiary/aromatic N) is 2. The number of aryl methyl sites for hydroxylation is 1. The summed E-state index contributed by atoms with van der Waals surface area (Å²) < 4.78 is 45.0. The van der Waals surface area contributed by atoms with Crippen LogP contribution in [-0.4, -0.2) is 56.5 Å². The third-order valence-electron chi connectivity index (χ3n) is 3.75. The summed E-state index contributed by atoms with van der Waals surface area (Å²) in [6.07, 6.45) is 0.0995. The third-order valence-corrected chi connectivity index (χ3v) is 5.64. The van der Waals surface area contributed by atoms with Gasteiger partial charge in [0.2, 0.25) is 10.0 Å². The number of sulfonamides is 1. The van der Waals surface area contributed by atoms with E-state index in [2.05, 4.69) is 0 Å². The molecule has 1 aliphatic heterocycles. The van der Waals surface area contributed by atoms with Crippen LogP contribution in [0.25, 0.3) is 0 Å². The van der Waals surface area contributed by atoms with E-state index in [1.54, 1.807) is 6.92 Å². The molecule has 0 radical (unpaired) electrons. The largest absolute Gasteiger partial charge is 0.450 e. The number of ether oxygens (including phenoxy) is 1. The zero-order chi connectivity index (χ0) is 17.0. The molecular weight excluding hydrogens is 323 g/mol. The van der Waals surface area contributed by atoms with E-state index in [1.807, 2.05) is 0 Å². The molecule has 0 bridgehead atoms. The Balaban J connectivity index is 2.14. The zero-order valence-corrected chi connectivity index (χ0v) is 14.1. The first-order chi connectivity index (χ1) is 10.9. The molecule has 0 saturated carbocycles. The molecule has 0 aromatic heterocycles. The highest BCUT2D eigenvalue weighted by molar-refractivity contribution is 7.89. The van der Waals surface area contributed by atoms with Gasteiger partial charge in [0, 0.05) is 26.2 Å². The predicted octanol–water partition coefficient (Wildman–Crippen LogP) is 1.99. The molecule has 1 amide bonds. The Hall–Kier alpha value is -1.67. The molecular formula is C15H21FN2O4S. The van der Waals surface area contributed by atoms with Crippen molar-refractivity contribution in [2.24, 2.45) is 0 Å². The molecule has 23 heavy (non-hydrogen) atoms. The van der Waals surface area contributed by atoms with E-state index in [4.69, 9.17) is 4.74 Å². The van der Waals surface area contributed by atoms with Crippen LogP contribution in [-0.2, 0) is 14.8 Å². The number of hydrogen-bond acceptors (Lipinski definition) is 4. The first-order valence-electron chi connectivity index (χ1n) is 7.54. The monoisotopic (exact) mass is 344 g/mol. The van der Waals surface area contributed by atoms with E-state index in [0.717, 1.165) is 6.07 Å². The number of carbonyl (C=O) groups is 1. The first-order valence-corrected chi connectivity index (χ1v) is 8.98. The number of carbonyl (C=O) groups excluding carboxylic acids is 1. The highest BCUT2D eigenvalue weighted by Gasteiger charge is 2.28. The molecule has 128 valence electrons. The molecule has 1 aliphatic rings. The van der Waals surface area contributed by atoms with Gasteiger partial charge in [-0.15, -0.1) is 0 Å². The van der Waals surface area contributed by atoms with Gasteiger partial charge < -0.3 is 9.64 Å². The van der Waals surface area contributed by atoms with Gasteiger partial charge in [-0.25, -0.2) is 17.6 Å². The van der Waals surface area contributed by atoms with Gasteiger partial charge in [-0.2, -0.15) is 4.31 Å². The molecule has 0 unspecified atom stereocenters. The van der Waals surface area contributed by atoms with Crippen molar-refractivity contribution in [3.63, 3.8) is 0 Å². The van der Waals surface area contributed by atoms with Gasteiger partial charge in [0.05, 0.1) is 11.5 Å². The van der Waals surface area contributed by atoms with Crippen LogP contribution in [0.3, 0.4) is 0 Å². The van der Waals surface area contributed by atoms with E-state index in [1.165, 1.54) is 28.3 Å². The molecule has 1 aromatic rings. The Morgan fingerprint density at radius 1 is 1.26 bits per heavy atom. The van der Waals surface area contributed by atoms with Crippen molar-refractivity contribution >= 4 is 16.1 Å². The quantitative estimate of drug-likeness (QED) is 0.841. The molecule has 1 fully saturated rings. The molecule has 0 N–H and O–H groups in total. The second-order valence-electron chi connectivity index (χ2n) is 5.35. The number of amides is 1. The van der Waals surface area contributed by atoms with Gasteiger partial charge in [0.25, 0.3) is 0 Å². The van der Waals surface area contributed by atoms with Crippen molar-refractivity contribution < 1.29 is 22.3 Å². The average molecular weight is 344 g/mol. The lowest BCUT2D eigenvalue weighted by Gasteiger charge is -2.21. The average Bonchev–Trinajstić information content (AvgIpc) is 2.76. The minimum Gasteiger partial charge on any atom is -0.450 e. The molecule has 0 atom stereocenters. The van der Waals surface area contributed by atoms with E-state index in [0.29, 0.717) is 19.5 Å². The van der Waals surface area contributed by atoms with Crippen LogP contribution in [0.5, 0.6) is 0 Å². The maximum Gasteiger partial charge on any atom is 0.409 e. The predicted molar refractivity (Wildman–Crippen MR) is 83.1 cm³/mol. The molecule has 1 aromatic carbocycles. The van der Waals surface area contributed by atoms with Gasteiger partial charge in [0.1, 0.15) is 5.82 Å². The van der Waals surface area contributed by atoms with Crippen molar-refractivity contribution in [1.82, 2.24) is 9.21 Å². The highest BCUT2D eigenvalue weighted by atomic mass is 32.2. The van der Waals surface area contributed by atoms with Gasteiger partial charge in [-0.05, 0) is 44.0 Å². The van der Waals surface area contributed by atoms with Crippen LogP contribution in [0.2, 0.25) is 0 Å². The number of benzene rings is 1. The molecule has 1 heterocycles. The topological polar surface area (TPSA) is 66.9 Å². The molecule has 6 nitrogen and oxygen atoms in total. The Kier molecular flexibility index (Phi) is 5.59. The van der Waals surface area contributed by atoms with Crippen molar-refractivity contribution in [2.75, 3.05) is 32.8 Å². The summed E-state index contributed by atoms with van der Waals surface area (Å²) in [7, 11) is -3.70. The minimum absolute atomic E-state index is 0.0704. The summed E-state index contributed by atoms with van der Waals surface area (Å²) in [5.74, 6) is -0.437. The Morgan fingerprint density at radius 2 is 2.00 bits per heavy atom. The van der Waals surface area contributed by atoms with Crippen LogP contribution >= 0.6 is 0 Å². The summed E-state index contributed by atoms with van der Waals surface area (Å²) in [6.45, 7) is 4.77. The van der Waals surface area contributed by atoms with Gasteiger partial charge in [-0.3, -0.25) is 0 Å². The van der Waals surface area contributed by atoms with E-state index in [9.17, 15) is 17.6 Å². The summed E-state index contributed by atoms with van der Waals surface area (Å²) in [4.78, 5) is 13.3. The second kappa shape index (κ2) is 7.27. The second-order valence-corrected chi connectivity index (χ2v) is 7.29. The fraction of sp³-hybridized carbons (Fsp3) is 0.533. The standard InChI is InChI=1S/C15H21FN2O4S/c1-3-22-15(19)17-7-4-8-18(10-9-17)23(20,21)13-5-6-14(16)12(2)11-13/h5-6,11H,3-4,7-10H2,1-2H3. The molecule has 0 spiro atoms. The van der Waals surface area contributed by atoms with E-state index in [-0.39, 0.29) is 30.2 Å². The lowest BCUT2D eigenvalue weighted by Crippen LogP contribution is -2.37. The van der Waals surface area contributed by atoms with Crippen LogP contribution in [0.15, 0.2) is 23.1 Å². The van der Waals surface area contributed by atoms with Crippen LogP contribution in [0.1, 0.15) is 18.9 Å². The summed E-state index contributed by atoms with van der Waals surface area (Å²) >= 11 is 0. The lowest BCUT2D eigenvalue weighted by atomic mass is 10.2. The summed E-state index contributed by atoms with van der Waals surface area (Å²) in [6, 6.07) is 3.76. The maximum absolute atomic E-state index is 13.3. The van der Waals surface area contributed by atoms with E-state index >= 15 is 0 Å². The van der Waals surface area contributed by atoms with Gasteiger partial charge >= 0.3 is 6.09 Å². The Morgan fingerprint density at radius 3 is 2.65 bits per heavy atom. The number of halogens is 1. The normalized spacial score (nSPS) is 16.9. The molecule has 1 saturated heterocycles. The third kappa shape index (κ3) is 4.00. The SMILES string of the molecule is CCOC(=O)N1CCCN(S(=O)(=O)c2ccc(F)c(C)c2)CC1. The van der Waals surface area contributed by atoms with Crippen molar-refractivity contribution in [3.05, 3.63) is 29.6 Å². The maximum atomic E-state index is 13.3. The molecule has 0 aliphatic carbocycles. The van der Waals surface area contributed by atoms with Crippen LogP contribution < -0.4 is 0 Å². The van der Waals surface area contributed by atoms with Gasteiger partial charge in [0.15, 0.2) is 0 Å². The van der Waals surface area contributed by atoms with Crippen molar-refractivity contribution in [3.8, 4) is 0 Å². The van der Waals surface area contributed by atoms with Crippen molar-refractivity contribution in [2.45, 2.75) is 25.2 Å². The lowest BCUT2D eigenvalue weighted by molar-refractivity contribution is 0.109. The number of hydrogen-bond donors (Lipinski definition) is 0. The first kappa shape index (κ1) is 17.7. The molecule has 2 rings (SSSR count). The summed E-state index contributed by atoms with van der Waals surface area (Å²) in [5, 5.41) is 0. The Labute approximate surface area is 135 Å². The number of rotatable bonds is 3. The fourth-order valence-electron chi connectivity index (χ4n) is 2.46. The Bertz CT molecular complexity index is 678. The fourth-order valence-corrected chi connectivity index (χ4v) is 4.01. The minimum atomic E-state index is -3.70. The molecule has 8 heteroatoms.